The van der Waals surface area contributed by atoms with Crippen LogP contribution in [-0.4, -0.2) is 42.6 Å². The normalized spacial score (nSPS) is 18.5. The summed E-state index contributed by atoms with van der Waals surface area (Å²) in [4.78, 5) is 25.7. The molecule has 2 heterocycles. The molecule has 34 heavy (non-hydrogen) atoms. The minimum atomic E-state index is -5.30. The highest BCUT2D eigenvalue weighted by atomic mass is 35.5. The SMILES string of the molecule is O=C(OC(=O)C(F)(F)F)C(Cc1cc(F)ccc1Cl)CN1CCC2(CC1)OCc1ccccc12. The number of rotatable bonds is 5. The third-order valence-electron chi connectivity index (χ3n) is 6.39. The smallest absolute Gasteiger partial charge is 0.386 e. The molecule has 2 aliphatic rings. The summed E-state index contributed by atoms with van der Waals surface area (Å²) in [5.41, 5.74) is 2.07. The third kappa shape index (κ3) is 5.26. The largest absolute Gasteiger partial charge is 0.491 e. The molecule has 5 nitrogen and oxygen atoms in total. The van der Waals surface area contributed by atoms with Crippen molar-refractivity contribution in [3.63, 3.8) is 0 Å². The second kappa shape index (κ2) is 9.64. The van der Waals surface area contributed by atoms with Gasteiger partial charge in [0.05, 0.1) is 18.1 Å². The number of fused-ring (bicyclic) bond motifs is 2. The molecule has 2 aromatic carbocycles. The molecule has 2 aromatic rings. The molecule has 1 unspecified atom stereocenters. The van der Waals surface area contributed by atoms with E-state index in [0.717, 1.165) is 23.3 Å². The van der Waals surface area contributed by atoms with Gasteiger partial charge in [0.25, 0.3) is 0 Å². The summed E-state index contributed by atoms with van der Waals surface area (Å²) in [6.07, 6.45) is -4.22. The van der Waals surface area contributed by atoms with Crippen molar-refractivity contribution in [2.24, 2.45) is 5.92 Å². The van der Waals surface area contributed by atoms with Gasteiger partial charge < -0.3 is 14.4 Å². The number of likely N-dealkylation sites (tertiary alicyclic amines) is 1. The molecule has 1 spiro atoms. The third-order valence-corrected chi connectivity index (χ3v) is 6.76. The maximum absolute atomic E-state index is 13.7. The van der Waals surface area contributed by atoms with E-state index in [1.165, 1.54) is 6.07 Å². The number of ether oxygens (including phenoxy) is 2. The minimum absolute atomic E-state index is 0.0224. The number of carbonyl (C=O) groups is 2. The Morgan fingerprint density at radius 1 is 1.15 bits per heavy atom. The lowest BCUT2D eigenvalue weighted by molar-refractivity contribution is -0.203. The molecule has 4 rings (SSSR count). The Morgan fingerprint density at radius 2 is 1.85 bits per heavy atom. The second-order valence-corrected chi connectivity index (χ2v) is 8.99. The van der Waals surface area contributed by atoms with Crippen LogP contribution in [0.4, 0.5) is 17.6 Å². The van der Waals surface area contributed by atoms with Gasteiger partial charge in [0.2, 0.25) is 0 Å². The minimum Gasteiger partial charge on any atom is -0.386 e. The van der Waals surface area contributed by atoms with Crippen LogP contribution >= 0.6 is 11.6 Å². The molecule has 1 fully saturated rings. The number of piperidine rings is 1. The Labute approximate surface area is 198 Å². The summed E-state index contributed by atoms with van der Waals surface area (Å²) in [7, 11) is 0. The van der Waals surface area contributed by atoms with Gasteiger partial charge in [-0.25, -0.2) is 9.18 Å². The molecular formula is C24H22ClF4NO4. The first-order chi connectivity index (χ1) is 16.1. The number of benzene rings is 2. The van der Waals surface area contributed by atoms with Crippen LogP contribution in [0.15, 0.2) is 42.5 Å². The maximum Gasteiger partial charge on any atom is 0.491 e. The van der Waals surface area contributed by atoms with Crippen molar-refractivity contribution in [2.75, 3.05) is 19.6 Å². The van der Waals surface area contributed by atoms with Crippen molar-refractivity contribution in [1.82, 2.24) is 4.90 Å². The zero-order valence-corrected chi connectivity index (χ0v) is 18.8. The van der Waals surface area contributed by atoms with Crippen molar-refractivity contribution < 1.29 is 36.6 Å². The number of esters is 2. The van der Waals surface area contributed by atoms with Crippen LogP contribution in [0, 0.1) is 11.7 Å². The molecule has 0 aliphatic carbocycles. The molecule has 10 heteroatoms. The van der Waals surface area contributed by atoms with Gasteiger partial charge in [-0.2, -0.15) is 13.2 Å². The molecular weight excluding hydrogens is 478 g/mol. The van der Waals surface area contributed by atoms with Gasteiger partial charge in [0.15, 0.2) is 0 Å². The van der Waals surface area contributed by atoms with Gasteiger partial charge in [0.1, 0.15) is 5.82 Å². The van der Waals surface area contributed by atoms with Crippen molar-refractivity contribution >= 4 is 23.5 Å². The summed E-state index contributed by atoms with van der Waals surface area (Å²) in [5.74, 6) is -5.67. The van der Waals surface area contributed by atoms with Crippen molar-refractivity contribution in [3.05, 3.63) is 70.0 Å². The molecule has 0 saturated carbocycles. The van der Waals surface area contributed by atoms with Gasteiger partial charge in [-0.1, -0.05) is 35.9 Å². The van der Waals surface area contributed by atoms with Crippen LogP contribution < -0.4 is 0 Å². The first kappa shape index (κ1) is 24.6. The van der Waals surface area contributed by atoms with Crippen LogP contribution in [0.1, 0.15) is 29.5 Å². The second-order valence-electron chi connectivity index (χ2n) is 8.58. The van der Waals surface area contributed by atoms with E-state index >= 15 is 0 Å². The molecule has 1 saturated heterocycles. The van der Waals surface area contributed by atoms with Gasteiger partial charge >= 0.3 is 18.1 Å². The van der Waals surface area contributed by atoms with Crippen LogP contribution in [0.2, 0.25) is 5.02 Å². The Bertz CT molecular complexity index is 1080. The highest BCUT2D eigenvalue weighted by Gasteiger charge is 2.45. The molecule has 0 N–H and O–H groups in total. The lowest BCUT2D eigenvalue weighted by atomic mass is 9.83. The first-order valence-electron chi connectivity index (χ1n) is 10.8. The fourth-order valence-corrected chi connectivity index (χ4v) is 4.82. The fraction of sp³-hybridized carbons (Fsp3) is 0.417. The maximum atomic E-state index is 13.7. The summed E-state index contributed by atoms with van der Waals surface area (Å²) in [5, 5.41) is 0.162. The molecule has 0 radical (unpaired) electrons. The summed E-state index contributed by atoms with van der Waals surface area (Å²) >= 11 is 6.10. The van der Waals surface area contributed by atoms with E-state index in [2.05, 4.69) is 4.74 Å². The quantitative estimate of drug-likeness (QED) is 0.336. The first-order valence-corrected chi connectivity index (χ1v) is 11.2. The molecule has 0 amide bonds. The van der Waals surface area contributed by atoms with Crippen molar-refractivity contribution in [3.8, 4) is 0 Å². The van der Waals surface area contributed by atoms with E-state index < -0.39 is 35.5 Å². The predicted molar refractivity (Wildman–Crippen MR) is 114 cm³/mol. The number of alkyl halides is 3. The average Bonchev–Trinajstić information content (AvgIpc) is 3.15. The van der Waals surface area contributed by atoms with E-state index in [1.54, 1.807) is 0 Å². The Morgan fingerprint density at radius 3 is 2.56 bits per heavy atom. The predicted octanol–water partition coefficient (Wildman–Crippen LogP) is 4.79. The number of nitrogens with zero attached hydrogens (tertiary/aromatic N) is 1. The van der Waals surface area contributed by atoms with E-state index in [-0.39, 0.29) is 23.6 Å². The Kier molecular flexibility index (Phi) is 6.98. The molecule has 182 valence electrons. The van der Waals surface area contributed by atoms with Gasteiger partial charge in [-0.05, 0) is 54.2 Å². The van der Waals surface area contributed by atoms with Crippen LogP contribution in [0.25, 0.3) is 0 Å². The molecule has 0 aromatic heterocycles. The van der Waals surface area contributed by atoms with E-state index in [9.17, 15) is 27.2 Å². The average molecular weight is 500 g/mol. The highest BCUT2D eigenvalue weighted by Crippen LogP contribution is 2.44. The zero-order chi connectivity index (χ0) is 24.5. The van der Waals surface area contributed by atoms with Gasteiger partial charge in [0, 0.05) is 24.7 Å². The number of carbonyl (C=O) groups excluding carboxylic acids is 2. The van der Waals surface area contributed by atoms with E-state index in [4.69, 9.17) is 16.3 Å². The lowest BCUT2D eigenvalue weighted by Gasteiger charge is -2.40. The lowest BCUT2D eigenvalue weighted by Crippen LogP contribution is -2.46. The van der Waals surface area contributed by atoms with Crippen molar-refractivity contribution in [1.29, 1.82) is 0 Å². The molecule has 2 aliphatic heterocycles. The number of halogens is 5. The number of hydrogen-bond acceptors (Lipinski definition) is 5. The van der Waals surface area contributed by atoms with Crippen LogP contribution in [-0.2, 0) is 37.7 Å². The topological polar surface area (TPSA) is 55.8 Å². The monoisotopic (exact) mass is 499 g/mol. The summed E-state index contributed by atoms with van der Waals surface area (Å²) in [6.45, 7) is 1.57. The van der Waals surface area contributed by atoms with Gasteiger partial charge in [-0.3, -0.25) is 4.79 Å². The van der Waals surface area contributed by atoms with Crippen LogP contribution in [0.5, 0.6) is 0 Å². The summed E-state index contributed by atoms with van der Waals surface area (Å²) < 4.78 is 61.9. The summed E-state index contributed by atoms with van der Waals surface area (Å²) in [6, 6.07) is 11.5. The van der Waals surface area contributed by atoms with Gasteiger partial charge in [-0.15, -0.1) is 0 Å². The van der Waals surface area contributed by atoms with E-state index in [1.807, 2.05) is 29.2 Å². The molecule has 0 bridgehead atoms. The highest BCUT2D eigenvalue weighted by molar-refractivity contribution is 6.31. The van der Waals surface area contributed by atoms with Crippen molar-refractivity contribution in [2.45, 2.75) is 37.6 Å². The Balaban J connectivity index is 1.48. The fourth-order valence-electron chi connectivity index (χ4n) is 4.63. The zero-order valence-electron chi connectivity index (χ0n) is 18.0. The number of hydrogen-bond donors (Lipinski definition) is 0. The standard InChI is InChI=1S/C24H22ClF4NO4/c25-20-6-5-18(26)12-16(20)11-17(21(31)34-22(32)24(27,28)29)13-30-9-7-23(8-10-30)19-4-2-1-3-15(19)14-33-23/h1-6,12,17H,7-11,13-14H2. The molecule has 1 atom stereocenters. The van der Waals surface area contributed by atoms with E-state index in [0.29, 0.717) is 32.5 Å². The Hall–Kier alpha value is -2.49. The van der Waals surface area contributed by atoms with Crippen LogP contribution in [0.3, 0.4) is 0 Å².